The number of hydrogen-bond acceptors (Lipinski definition) is 5. The smallest absolute Gasteiger partial charge is 0.358 e. The summed E-state index contributed by atoms with van der Waals surface area (Å²) in [5, 5.41) is 0. The van der Waals surface area contributed by atoms with Gasteiger partial charge in [-0.05, 0) is 43.5 Å². The van der Waals surface area contributed by atoms with Crippen molar-refractivity contribution in [2.75, 3.05) is 6.61 Å². The maximum atomic E-state index is 12.2. The van der Waals surface area contributed by atoms with Crippen LogP contribution in [0.4, 0.5) is 0 Å². The van der Waals surface area contributed by atoms with E-state index in [1.165, 1.54) is 18.6 Å². The number of esters is 1. The van der Waals surface area contributed by atoms with Gasteiger partial charge in [0.15, 0.2) is 12.3 Å². The molecule has 0 saturated carbocycles. The fraction of sp³-hybridized carbons (Fsp3) is 0.250. The van der Waals surface area contributed by atoms with Gasteiger partial charge in [-0.1, -0.05) is 6.07 Å². The topological polar surface area (TPSA) is 69.2 Å². The number of rotatable bonds is 4. The predicted octanol–water partition coefficient (Wildman–Crippen LogP) is 2.44. The van der Waals surface area contributed by atoms with Gasteiger partial charge in [-0.15, -0.1) is 0 Å². The number of aryl methyl sites for hydroxylation is 3. The van der Waals surface area contributed by atoms with E-state index in [1.54, 1.807) is 0 Å². The molecule has 0 bridgehead atoms. The van der Waals surface area contributed by atoms with Crippen LogP contribution in [-0.2, 0) is 4.74 Å². The van der Waals surface area contributed by atoms with Gasteiger partial charge in [0, 0.05) is 18.0 Å². The molecule has 1 aromatic heterocycles. The average Bonchev–Trinajstić information content (AvgIpc) is 2.49. The highest BCUT2D eigenvalue weighted by atomic mass is 16.5. The Morgan fingerprint density at radius 2 is 1.76 bits per heavy atom. The van der Waals surface area contributed by atoms with Crippen LogP contribution >= 0.6 is 0 Å². The number of carbonyl (C=O) groups is 2. The molecule has 2 aromatic rings. The quantitative estimate of drug-likeness (QED) is 0.637. The molecule has 1 aromatic carbocycles. The standard InChI is InChI=1S/C16H16N2O3/c1-10-6-12(3)13(7-11(10)2)15(19)9-21-16(20)14-8-17-4-5-18-14/h4-8H,9H2,1-3H3. The van der Waals surface area contributed by atoms with E-state index in [9.17, 15) is 9.59 Å². The van der Waals surface area contributed by atoms with Crippen LogP contribution in [0.15, 0.2) is 30.7 Å². The van der Waals surface area contributed by atoms with Crippen molar-refractivity contribution in [1.29, 1.82) is 0 Å². The minimum absolute atomic E-state index is 0.0853. The molecule has 108 valence electrons. The van der Waals surface area contributed by atoms with Gasteiger partial charge in [-0.2, -0.15) is 0 Å². The Hall–Kier alpha value is -2.56. The Morgan fingerprint density at radius 3 is 2.43 bits per heavy atom. The van der Waals surface area contributed by atoms with E-state index in [-0.39, 0.29) is 18.1 Å². The zero-order valence-electron chi connectivity index (χ0n) is 12.2. The first-order chi connectivity index (χ1) is 9.99. The summed E-state index contributed by atoms with van der Waals surface area (Å²) in [6.45, 7) is 5.49. The third kappa shape index (κ3) is 3.51. The van der Waals surface area contributed by atoms with Crippen molar-refractivity contribution >= 4 is 11.8 Å². The van der Waals surface area contributed by atoms with Gasteiger partial charge >= 0.3 is 5.97 Å². The van der Waals surface area contributed by atoms with Crippen LogP contribution in [0.5, 0.6) is 0 Å². The number of ketones is 1. The summed E-state index contributed by atoms with van der Waals surface area (Å²) in [6.07, 6.45) is 4.15. The zero-order chi connectivity index (χ0) is 15.4. The summed E-state index contributed by atoms with van der Waals surface area (Å²) in [6, 6.07) is 3.77. The molecule has 0 aliphatic carbocycles. The normalized spacial score (nSPS) is 10.2. The molecule has 0 aliphatic rings. The minimum Gasteiger partial charge on any atom is -0.453 e. The van der Waals surface area contributed by atoms with Gasteiger partial charge in [-0.25, -0.2) is 9.78 Å². The van der Waals surface area contributed by atoms with Crippen LogP contribution in [0.3, 0.4) is 0 Å². The number of carbonyl (C=O) groups excluding carboxylic acids is 2. The van der Waals surface area contributed by atoms with Gasteiger partial charge in [-0.3, -0.25) is 9.78 Å². The predicted molar refractivity (Wildman–Crippen MR) is 77.3 cm³/mol. The first kappa shape index (κ1) is 14.8. The first-order valence-corrected chi connectivity index (χ1v) is 6.53. The number of aromatic nitrogens is 2. The van der Waals surface area contributed by atoms with Gasteiger partial charge < -0.3 is 4.74 Å². The second-order valence-electron chi connectivity index (χ2n) is 4.84. The van der Waals surface area contributed by atoms with Gasteiger partial charge in [0.1, 0.15) is 0 Å². The number of ether oxygens (including phenoxy) is 1. The highest BCUT2D eigenvalue weighted by Gasteiger charge is 2.15. The summed E-state index contributed by atoms with van der Waals surface area (Å²) in [5.74, 6) is -0.884. The Kier molecular flexibility index (Phi) is 4.42. The van der Waals surface area contributed by atoms with E-state index in [1.807, 2.05) is 32.9 Å². The lowest BCUT2D eigenvalue weighted by Crippen LogP contribution is -2.16. The summed E-state index contributed by atoms with van der Waals surface area (Å²) in [4.78, 5) is 31.5. The monoisotopic (exact) mass is 284 g/mol. The fourth-order valence-electron chi connectivity index (χ4n) is 1.95. The van der Waals surface area contributed by atoms with Crippen molar-refractivity contribution < 1.29 is 14.3 Å². The number of nitrogens with zero attached hydrogens (tertiary/aromatic N) is 2. The molecule has 5 heteroatoms. The SMILES string of the molecule is Cc1cc(C)c(C(=O)COC(=O)c2cnccn2)cc1C. The number of benzene rings is 1. The van der Waals surface area contributed by atoms with Gasteiger partial charge in [0.2, 0.25) is 5.78 Å². The molecule has 0 amide bonds. The molecule has 2 rings (SSSR count). The Morgan fingerprint density at radius 1 is 1.05 bits per heavy atom. The lowest BCUT2D eigenvalue weighted by atomic mass is 9.98. The molecular weight excluding hydrogens is 268 g/mol. The molecule has 0 aliphatic heterocycles. The molecule has 21 heavy (non-hydrogen) atoms. The third-order valence-corrected chi connectivity index (χ3v) is 3.25. The Bertz CT molecular complexity index is 681. The van der Waals surface area contributed by atoms with Crippen molar-refractivity contribution in [3.8, 4) is 0 Å². The van der Waals surface area contributed by atoms with Crippen LogP contribution in [0.2, 0.25) is 0 Å². The molecular formula is C16H16N2O3. The summed E-state index contributed by atoms with van der Waals surface area (Å²) in [7, 11) is 0. The van der Waals surface area contributed by atoms with E-state index in [2.05, 4.69) is 9.97 Å². The lowest BCUT2D eigenvalue weighted by molar-refractivity contribution is 0.0468. The Balaban J connectivity index is 2.06. The van der Waals surface area contributed by atoms with Crippen molar-refractivity contribution in [2.45, 2.75) is 20.8 Å². The van der Waals surface area contributed by atoms with Crippen LogP contribution in [0.25, 0.3) is 0 Å². The molecule has 0 spiro atoms. The molecule has 0 N–H and O–H groups in total. The molecule has 0 atom stereocenters. The van der Waals surface area contributed by atoms with Crippen LogP contribution < -0.4 is 0 Å². The minimum atomic E-state index is -0.655. The second kappa shape index (κ2) is 6.26. The highest BCUT2D eigenvalue weighted by Crippen LogP contribution is 2.16. The van der Waals surface area contributed by atoms with E-state index in [0.717, 1.165) is 16.7 Å². The fourth-order valence-corrected chi connectivity index (χ4v) is 1.95. The Labute approximate surface area is 123 Å². The van der Waals surface area contributed by atoms with Gasteiger partial charge in [0.05, 0.1) is 6.20 Å². The second-order valence-corrected chi connectivity index (χ2v) is 4.84. The van der Waals surface area contributed by atoms with E-state index >= 15 is 0 Å². The van der Waals surface area contributed by atoms with Gasteiger partial charge in [0.25, 0.3) is 0 Å². The van der Waals surface area contributed by atoms with Crippen molar-refractivity contribution in [3.05, 3.63) is 58.7 Å². The van der Waals surface area contributed by atoms with Crippen LogP contribution in [-0.4, -0.2) is 28.3 Å². The zero-order valence-corrected chi connectivity index (χ0v) is 12.2. The van der Waals surface area contributed by atoms with Crippen molar-refractivity contribution in [2.24, 2.45) is 0 Å². The summed E-state index contributed by atoms with van der Waals surface area (Å²) >= 11 is 0. The molecule has 0 fully saturated rings. The van der Waals surface area contributed by atoms with Crippen LogP contribution in [0.1, 0.15) is 37.5 Å². The van der Waals surface area contributed by atoms with Crippen LogP contribution in [0, 0.1) is 20.8 Å². The first-order valence-electron chi connectivity index (χ1n) is 6.53. The van der Waals surface area contributed by atoms with Crippen molar-refractivity contribution in [1.82, 2.24) is 9.97 Å². The maximum Gasteiger partial charge on any atom is 0.358 e. The highest BCUT2D eigenvalue weighted by molar-refractivity contribution is 6.00. The average molecular weight is 284 g/mol. The summed E-state index contributed by atoms with van der Waals surface area (Å²) < 4.78 is 4.98. The van der Waals surface area contributed by atoms with E-state index in [0.29, 0.717) is 5.56 Å². The molecule has 0 radical (unpaired) electrons. The summed E-state index contributed by atoms with van der Waals surface area (Å²) in [5.41, 5.74) is 3.69. The largest absolute Gasteiger partial charge is 0.453 e. The molecule has 0 unspecified atom stereocenters. The maximum absolute atomic E-state index is 12.2. The van der Waals surface area contributed by atoms with Crippen molar-refractivity contribution in [3.63, 3.8) is 0 Å². The van der Waals surface area contributed by atoms with E-state index < -0.39 is 5.97 Å². The number of hydrogen-bond donors (Lipinski definition) is 0. The molecule has 1 heterocycles. The molecule has 5 nitrogen and oxygen atoms in total. The molecule has 0 saturated heterocycles. The lowest BCUT2D eigenvalue weighted by Gasteiger charge is -2.09. The third-order valence-electron chi connectivity index (χ3n) is 3.25. The van der Waals surface area contributed by atoms with E-state index in [4.69, 9.17) is 4.74 Å². The number of Topliss-reactive ketones (excluding diaryl/α,β-unsaturated/α-hetero) is 1.